The molecule has 0 unspecified atom stereocenters. The monoisotopic (exact) mass is 483 g/mol. The summed E-state index contributed by atoms with van der Waals surface area (Å²) in [6.45, 7) is 3.93. The van der Waals surface area contributed by atoms with Crippen molar-refractivity contribution in [3.05, 3.63) is 89.4 Å². The molecule has 1 heterocycles. The van der Waals surface area contributed by atoms with E-state index in [4.69, 9.17) is 11.6 Å². The van der Waals surface area contributed by atoms with E-state index in [2.05, 4.69) is 4.90 Å². The van der Waals surface area contributed by atoms with Crippen molar-refractivity contribution in [3.63, 3.8) is 0 Å². The van der Waals surface area contributed by atoms with Gasteiger partial charge in [-0.2, -0.15) is 0 Å². The number of anilines is 2. The predicted octanol–water partition coefficient (Wildman–Crippen LogP) is 4.19. The first-order valence-corrected chi connectivity index (χ1v) is 12.6. The number of aryl methyl sites for hydroxylation is 1. The predicted molar refractivity (Wildman–Crippen MR) is 132 cm³/mol. The molecule has 4 rings (SSSR count). The van der Waals surface area contributed by atoms with E-state index in [9.17, 15) is 13.2 Å². The highest BCUT2D eigenvalue weighted by molar-refractivity contribution is 7.92. The zero-order chi connectivity index (χ0) is 23.4. The molecule has 8 heteroatoms. The SMILES string of the molecule is Cc1ccccc1N(CC(=O)N1CCN(c2cccc(Cl)c2)CC1)S(=O)(=O)c1ccccc1. The molecule has 6 nitrogen and oxygen atoms in total. The van der Waals surface area contributed by atoms with Crippen molar-refractivity contribution in [2.45, 2.75) is 11.8 Å². The smallest absolute Gasteiger partial charge is 0.264 e. The van der Waals surface area contributed by atoms with Gasteiger partial charge in [0, 0.05) is 36.9 Å². The van der Waals surface area contributed by atoms with Gasteiger partial charge in [0.1, 0.15) is 6.54 Å². The van der Waals surface area contributed by atoms with E-state index in [-0.39, 0.29) is 17.3 Å². The van der Waals surface area contributed by atoms with Crippen molar-refractivity contribution in [2.75, 3.05) is 41.9 Å². The van der Waals surface area contributed by atoms with Gasteiger partial charge in [0.25, 0.3) is 10.0 Å². The van der Waals surface area contributed by atoms with Crippen molar-refractivity contribution in [1.29, 1.82) is 0 Å². The summed E-state index contributed by atoms with van der Waals surface area (Å²) < 4.78 is 28.2. The number of para-hydroxylation sites is 1. The Balaban J connectivity index is 1.53. The highest BCUT2D eigenvalue weighted by Gasteiger charge is 2.31. The van der Waals surface area contributed by atoms with E-state index >= 15 is 0 Å². The second-order valence-electron chi connectivity index (χ2n) is 7.96. The van der Waals surface area contributed by atoms with Crippen molar-refractivity contribution >= 4 is 38.9 Å². The van der Waals surface area contributed by atoms with Gasteiger partial charge in [0.15, 0.2) is 0 Å². The normalized spacial score (nSPS) is 14.2. The van der Waals surface area contributed by atoms with Gasteiger partial charge in [0.2, 0.25) is 5.91 Å². The van der Waals surface area contributed by atoms with Gasteiger partial charge in [-0.25, -0.2) is 8.42 Å². The van der Waals surface area contributed by atoms with Crippen LogP contribution in [0.25, 0.3) is 0 Å². The molecular formula is C25H26ClN3O3S. The van der Waals surface area contributed by atoms with Gasteiger partial charge in [-0.1, -0.05) is 54.1 Å². The molecule has 3 aromatic carbocycles. The quantitative estimate of drug-likeness (QED) is 0.527. The lowest BCUT2D eigenvalue weighted by molar-refractivity contribution is -0.129. The van der Waals surface area contributed by atoms with E-state index in [0.29, 0.717) is 36.9 Å². The first-order chi connectivity index (χ1) is 15.9. The minimum absolute atomic E-state index is 0.159. The maximum atomic E-state index is 13.5. The molecule has 1 amide bonds. The second kappa shape index (κ2) is 9.85. The molecular weight excluding hydrogens is 458 g/mol. The molecule has 0 N–H and O–H groups in total. The fourth-order valence-corrected chi connectivity index (χ4v) is 5.66. The summed E-state index contributed by atoms with van der Waals surface area (Å²) >= 11 is 6.11. The number of hydrogen-bond acceptors (Lipinski definition) is 4. The number of sulfonamides is 1. The Labute approximate surface area is 200 Å². The largest absolute Gasteiger partial charge is 0.368 e. The van der Waals surface area contributed by atoms with Gasteiger partial charge in [-0.05, 0) is 48.9 Å². The van der Waals surface area contributed by atoms with Crippen LogP contribution in [0.5, 0.6) is 0 Å². The molecule has 1 saturated heterocycles. The van der Waals surface area contributed by atoms with Crippen LogP contribution in [0.2, 0.25) is 5.02 Å². The summed E-state index contributed by atoms with van der Waals surface area (Å²) in [7, 11) is -3.91. The number of benzene rings is 3. The average Bonchev–Trinajstić information content (AvgIpc) is 2.83. The number of hydrogen-bond donors (Lipinski definition) is 0. The van der Waals surface area contributed by atoms with Crippen molar-refractivity contribution < 1.29 is 13.2 Å². The molecule has 0 atom stereocenters. The zero-order valence-corrected chi connectivity index (χ0v) is 20.0. The third-order valence-corrected chi connectivity index (χ3v) is 7.81. The lowest BCUT2D eigenvalue weighted by Crippen LogP contribution is -2.52. The molecule has 0 radical (unpaired) electrons. The van der Waals surface area contributed by atoms with Crippen LogP contribution >= 0.6 is 11.6 Å². The molecule has 0 saturated carbocycles. The fourth-order valence-electron chi connectivity index (χ4n) is 3.97. The van der Waals surface area contributed by atoms with Gasteiger partial charge in [-0.3, -0.25) is 9.10 Å². The van der Waals surface area contributed by atoms with E-state index in [0.717, 1.165) is 11.3 Å². The number of halogens is 1. The number of rotatable bonds is 6. The van der Waals surface area contributed by atoms with Gasteiger partial charge in [-0.15, -0.1) is 0 Å². The summed E-state index contributed by atoms with van der Waals surface area (Å²) in [5, 5.41) is 0.672. The topological polar surface area (TPSA) is 60.9 Å². The molecule has 0 aliphatic carbocycles. The Morgan fingerprint density at radius 1 is 0.909 bits per heavy atom. The molecule has 1 aliphatic rings. The summed E-state index contributed by atoms with van der Waals surface area (Å²) in [5.41, 5.74) is 2.31. The molecule has 1 fully saturated rings. The third kappa shape index (κ3) is 5.15. The highest BCUT2D eigenvalue weighted by atomic mass is 35.5. The summed E-state index contributed by atoms with van der Waals surface area (Å²) in [6.07, 6.45) is 0. The average molecular weight is 484 g/mol. The van der Waals surface area contributed by atoms with Gasteiger partial charge in [0.05, 0.1) is 10.6 Å². The minimum atomic E-state index is -3.91. The molecule has 1 aliphatic heterocycles. The van der Waals surface area contributed by atoms with Crippen LogP contribution in [-0.4, -0.2) is 51.9 Å². The van der Waals surface area contributed by atoms with Crippen LogP contribution in [0, 0.1) is 6.92 Å². The Morgan fingerprint density at radius 3 is 2.24 bits per heavy atom. The molecule has 172 valence electrons. The lowest BCUT2D eigenvalue weighted by atomic mass is 10.2. The maximum Gasteiger partial charge on any atom is 0.264 e. The number of nitrogens with zero attached hydrogens (tertiary/aromatic N) is 3. The summed E-state index contributed by atoms with van der Waals surface area (Å²) in [4.78, 5) is 17.3. The number of carbonyl (C=O) groups is 1. The minimum Gasteiger partial charge on any atom is -0.368 e. The van der Waals surface area contributed by atoms with Crippen LogP contribution in [0.1, 0.15) is 5.56 Å². The van der Waals surface area contributed by atoms with Crippen LogP contribution in [-0.2, 0) is 14.8 Å². The van der Waals surface area contributed by atoms with Crippen LogP contribution < -0.4 is 9.21 Å². The summed E-state index contributed by atoms with van der Waals surface area (Å²) in [5.74, 6) is -0.219. The summed E-state index contributed by atoms with van der Waals surface area (Å²) in [6, 6.07) is 23.1. The number of carbonyl (C=O) groups excluding carboxylic acids is 1. The third-order valence-electron chi connectivity index (χ3n) is 5.80. The second-order valence-corrected chi connectivity index (χ2v) is 10.3. The zero-order valence-electron chi connectivity index (χ0n) is 18.4. The molecule has 3 aromatic rings. The van der Waals surface area contributed by atoms with Crippen LogP contribution in [0.3, 0.4) is 0 Å². The Hall–Kier alpha value is -3.03. The Morgan fingerprint density at radius 2 is 1.58 bits per heavy atom. The van der Waals surface area contributed by atoms with E-state index < -0.39 is 10.0 Å². The highest BCUT2D eigenvalue weighted by Crippen LogP contribution is 2.27. The van der Waals surface area contributed by atoms with E-state index in [1.807, 2.05) is 43.3 Å². The van der Waals surface area contributed by atoms with E-state index in [1.165, 1.54) is 4.31 Å². The lowest BCUT2D eigenvalue weighted by Gasteiger charge is -2.37. The number of amides is 1. The van der Waals surface area contributed by atoms with E-state index in [1.54, 1.807) is 47.4 Å². The Kier molecular flexibility index (Phi) is 6.91. The first kappa shape index (κ1) is 23.1. The first-order valence-electron chi connectivity index (χ1n) is 10.8. The van der Waals surface area contributed by atoms with Crippen molar-refractivity contribution in [3.8, 4) is 0 Å². The van der Waals surface area contributed by atoms with Crippen LogP contribution in [0.4, 0.5) is 11.4 Å². The fraction of sp³-hybridized carbons (Fsp3) is 0.240. The van der Waals surface area contributed by atoms with Gasteiger partial charge >= 0.3 is 0 Å². The molecule has 0 bridgehead atoms. The molecule has 0 spiro atoms. The van der Waals surface area contributed by atoms with Crippen molar-refractivity contribution in [1.82, 2.24) is 4.90 Å². The molecule has 33 heavy (non-hydrogen) atoms. The molecule has 0 aromatic heterocycles. The standard InChI is InChI=1S/C25H26ClN3O3S/c1-20-8-5-6-13-24(20)29(33(31,32)23-11-3-2-4-12-23)19-25(30)28-16-14-27(15-17-28)22-10-7-9-21(26)18-22/h2-13,18H,14-17,19H2,1H3. The Bertz CT molecular complexity index is 1230. The number of piperazine rings is 1. The van der Waals surface area contributed by atoms with Crippen molar-refractivity contribution in [2.24, 2.45) is 0 Å². The maximum absolute atomic E-state index is 13.5. The van der Waals surface area contributed by atoms with Gasteiger partial charge < -0.3 is 9.80 Å². The van der Waals surface area contributed by atoms with Crippen LogP contribution in [0.15, 0.2) is 83.8 Å².